The molecule has 0 amide bonds. The molecule has 1 N–H and O–H groups in total. The Balaban J connectivity index is 2.61. The van der Waals surface area contributed by atoms with Crippen LogP contribution in [-0.2, 0) is 4.79 Å². The van der Waals surface area contributed by atoms with E-state index in [0.717, 1.165) is 6.54 Å². The molecule has 78 valence electrons. The Hall–Kier alpha value is -1.29. The van der Waals surface area contributed by atoms with E-state index in [2.05, 4.69) is 0 Å². The van der Waals surface area contributed by atoms with Gasteiger partial charge in [0.25, 0.3) is 0 Å². The minimum Gasteiger partial charge on any atom is -0.481 e. The molecule has 1 aromatic rings. The summed E-state index contributed by atoms with van der Waals surface area (Å²) >= 11 is 0. The van der Waals surface area contributed by atoms with E-state index >= 15 is 0 Å². The summed E-state index contributed by atoms with van der Waals surface area (Å²) < 4.78 is 5.09. The first-order valence-corrected chi connectivity index (χ1v) is 4.52. The Kier molecular flexibility index (Phi) is 3.71. The first-order chi connectivity index (χ1) is 6.61. The van der Waals surface area contributed by atoms with Crippen molar-refractivity contribution >= 4 is 5.97 Å². The molecule has 0 saturated carbocycles. The molecule has 0 aliphatic rings. The molecule has 1 aromatic heterocycles. The van der Waals surface area contributed by atoms with Gasteiger partial charge in [-0.15, -0.1) is 0 Å². The first-order valence-electron chi connectivity index (χ1n) is 4.52. The lowest BCUT2D eigenvalue weighted by Gasteiger charge is -2.13. The highest BCUT2D eigenvalue weighted by Gasteiger charge is 2.22. The van der Waals surface area contributed by atoms with Gasteiger partial charge in [-0.1, -0.05) is 0 Å². The van der Waals surface area contributed by atoms with Gasteiger partial charge < -0.3 is 14.4 Å². The highest BCUT2D eigenvalue weighted by molar-refractivity contribution is 5.75. The first kappa shape index (κ1) is 10.8. The molecule has 1 rings (SSSR count). The molecular weight excluding hydrogens is 182 g/mol. The number of carboxylic acids is 1. The van der Waals surface area contributed by atoms with Gasteiger partial charge in [-0.25, -0.2) is 0 Å². The fourth-order valence-electron chi connectivity index (χ4n) is 1.26. The molecule has 0 spiro atoms. The highest BCUT2D eigenvalue weighted by Crippen LogP contribution is 2.20. The Morgan fingerprint density at radius 3 is 2.79 bits per heavy atom. The third kappa shape index (κ3) is 2.88. The number of hydrogen-bond donors (Lipinski definition) is 1. The molecule has 0 saturated heterocycles. The second-order valence-electron chi connectivity index (χ2n) is 3.50. The molecular formula is C10H15NO3. The van der Waals surface area contributed by atoms with Crippen LogP contribution in [0.5, 0.6) is 0 Å². The largest absolute Gasteiger partial charge is 0.481 e. The smallest absolute Gasteiger partial charge is 0.314 e. The maximum Gasteiger partial charge on any atom is 0.314 e. The average molecular weight is 197 g/mol. The van der Waals surface area contributed by atoms with Crippen LogP contribution in [-0.4, -0.2) is 36.6 Å². The van der Waals surface area contributed by atoms with E-state index in [0.29, 0.717) is 12.2 Å². The number of furan rings is 1. The quantitative estimate of drug-likeness (QED) is 0.775. The summed E-state index contributed by atoms with van der Waals surface area (Å²) in [5, 5.41) is 8.98. The summed E-state index contributed by atoms with van der Waals surface area (Å²) in [4.78, 5) is 12.9. The van der Waals surface area contributed by atoms with Crippen LogP contribution >= 0.6 is 0 Å². The third-order valence-corrected chi connectivity index (χ3v) is 2.05. The zero-order chi connectivity index (χ0) is 10.6. The van der Waals surface area contributed by atoms with Crippen LogP contribution < -0.4 is 0 Å². The van der Waals surface area contributed by atoms with E-state index in [4.69, 9.17) is 9.52 Å². The van der Waals surface area contributed by atoms with E-state index in [1.807, 2.05) is 19.0 Å². The fraction of sp³-hybridized carbons (Fsp3) is 0.500. The van der Waals surface area contributed by atoms with Crippen LogP contribution in [0.25, 0.3) is 0 Å². The van der Waals surface area contributed by atoms with Gasteiger partial charge in [0.1, 0.15) is 11.7 Å². The van der Waals surface area contributed by atoms with Crippen molar-refractivity contribution < 1.29 is 14.3 Å². The lowest BCUT2D eigenvalue weighted by atomic mass is 10.0. The zero-order valence-electron chi connectivity index (χ0n) is 8.43. The van der Waals surface area contributed by atoms with E-state index in [1.165, 1.54) is 6.26 Å². The number of carbonyl (C=O) groups is 1. The molecule has 0 bridgehead atoms. The summed E-state index contributed by atoms with van der Waals surface area (Å²) in [5.74, 6) is -0.839. The van der Waals surface area contributed by atoms with Crippen molar-refractivity contribution in [3.8, 4) is 0 Å². The Morgan fingerprint density at radius 2 is 2.36 bits per heavy atom. The second-order valence-corrected chi connectivity index (χ2v) is 3.50. The van der Waals surface area contributed by atoms with Crippen molar-refractivity contribution in [3.63, 3.8) is 0 Å². The number of aliphatic carboxylic acids is 1. The molecule has 0 aliphatic carbocycles. The Labute approximate surface area is 83.1 Å². The Morgan fingerprint density at radius 1 is 1.64 bits per heavy atom. The van der Waals surface area contributed by atoms with Gasteiger partial charge in [-0.05, 0) is 39.2 Å². The average Bonchev–Trinajstić information content (AvgIpc) is 2.56. The topological polar surface area (TPSA) is 53.7 Å². The maximum absolute atomic E-state index is 10.9. The van der Waals surface area contributed by atoms with Crippen LogP contribution in [0, 0.1) is 0 Å². The molecule has 14 heavy (non-hydrogen) atoms. The summed E-state index contributed by atoms with van der Waals surface area (Å²) in [5.41, 5.74) is 0. The summed E-state index contributed by atoms with van der Waals surface area (Å²) in [6.45, 7) is 0.734. The minimum absolute atomic E-state index is 0.527. The van der Waals surface area contributed by atoms with Crippen molar-refractivity contribution in [2.75, 3.05) is 20.6 Å². The number of carboxylic acid groups (broad SMARTS) is 1. The highest BCUT2D eigenvalue weighted by atomic mass is 16.4. The number of hydrogen-bond acceptors (Lipinski definition) is 3. The number of rotatable bonds is 5. The van der Waals surface area contributed by atoms with E-state index in [1.54, 1.807) is 12.1 Å². The summed E-state index contributed by atoms with van der Waals surface area (Å²) in [7, 11) is 3.84. The van der Waals surface area contributed by atoms with Gasteiger partial charge in [0.05, 0.1) is 6.26 Å². The molecule has 4 heteroatoms. The normalized spacial score (nSPS) is 13.1. The van der Waals surface area contributed by atoms with E-state index in [-0.39, 0.29) is 0 Å². The van der Waals surface area contributed by atoms with E-state index in [9.17, 15) is 4.79 Å². The van der Waals surface area contributed by atoms with Gasteiger partial charge in [-0.3, -0.25) is 4.79 Å². The van der Waals surface area contributed by atoms with Gasteiger partial charge in [-0.2, -0.15) is 0 Å². The predicted molar refractivity (Wildman–Crippen MR) is 52.3 cm³/mol. The molecule has 4 nitrogen and oxygen atoms in total. The van der Waals surface area contributed by atoms with Crippen molar-refractivity contribution in [2.24, 2.45) is 0 Å². The molecule has 0 radical (unpaired) electrons. The lowest BCUT2D eigenvalue weighted by Crippen LogP contribution is -2.20. The third-order valence-electron chi connectivity index (χ3n) is 2.05. The van der Waals surface area contributed by atoms with Gasteiger partial charge >= 0.3 is 5.97 Å². The standard InChI is InChI=1S/C10H15NO3/c1-11(2)6-5-8(10(12)13)9-4-3-7-14-9/h3-4,7-8H,5-6H2,1-2H3,(H,12,13). The zero-order valence-corrected chi connectivity index (χ0v) is 8.43. The van der Waals surface area contributed by atoms with Crippen molar-refractivity contribution in [3.05, 3.63) is 24.2 Å². The van der Waals surface area contributed by atoms with Crippen LogP contribution in [0.3, 0.4) is 0 Å². The molecule has 1 unspecified atom stereocenters. The molecule has 1 atom stereocenters. The Bertz CT molecular complexity index is 280. The van der Waals surface area contributed by atoms with Crippen molar-refractivity contribution in [1.82, 2.24) is 4.90 Å². The second kappa shape index (κ2) is 4.81. The van der Waals surface area contributed by atoms with Gasteiger partial charge in [0.15, 0.2) is 0 Å². The summed E-state index contributed by atoms with van der Waals surface area (Å²) in [6.07, 6.45) is 2.07. The molecule has 0 fully saturated rings. The van der Waals surface area contributed by atoms with Crippen molar-refractivity contribution in [2.45, 2.75) is 12.3 Å². The lowest BCUT2D eigenvalue weighted by molar-refractivity contribution is -0.139. The van der Waals surface area contributed by atoms with Crippen molar-refractivity contribution in [1.29, 1.82) is 0 Å². The maximum atomic E-state index is 10.9. The fourth-order valence-corrected chi connectivity index (χ4v) is 1.26. The predicted octanol–water partition coefficient (Wildman–Crippen LogP) is 1.40. The molecule has 0 aliphatic heterocycles. The number of nitrogens with zero attached hydrogens (tertiary/aromatic N) is 1. The van der Waals surface area contributed by atoms with Gasteiger partial charge in [0.2, 0.25) is 0 Å². The summed E-state index contributed by atoms with van der Waals surface area (Å²) in [6, 6.07) is 3.41. The van der Waals surface area contributed by atoms with Crippen LogP contribution in [0.2, 0.25) is 0 Å². The van der Waals surface area contributed by atoms with Crippen LogP contribution in [0.4, 0.5) is 0 Å². The van der Waals surface area contributed by atoms with Gasteiger partial charge in [0, 0.05) is 0 Å². The molecule has 0 aromatic carbocycles. The monoisotopic (exact) mass is 197 g/mol. The van der Waals surface area contributed by atoms with E-state index < -0.39 is 11.9 Å². The van der Waals surface area contributed by atoms with Crippen LogP contribution in [0.15, 0.2) is 22.8 Å². The van der Waals surface area contributed by atoms with Crippen LogP contribution in [0.1, 0.15) is 18.1 Å². The minimum atomic E-state index is -0.832. The SMILES string of the molecule is CN(C)CCC(C(=O)O)c1ccco1. The molecule has 1 heterocycles.